The molecular weight excluding hydrogens is 265 g/mol. The lowest BCUT2D eigenvalue weighted by Crippen LogP contribution is -2.47. The van der Waals surface area contributed by atoms with Gasteiger partial charge in [-0.3, -0.25) is 4.98 Å². The number of nitrogens with one attached hydrogen (secondary N) is 1. The van der Waals surface area contributed by atoms with Gasteiger partial charge in [0.2, 0.25) is 0 Å². The first kappa shape index (κ1) is 14.8. The fourth-order valence-corrected chi connectivity index (χ4v) is 2.74. The molecular formula is C15H24BN3O2. The van der Waals surface area contributed by atoms with Crippen LogP contribution in [-0.4, -0.2) is 49.5 Å². The fraction of sp³-hybridized carbons (Fsp3) is 0.667. The van der Waals surface area contributed by atoms with Gasteiger partial charge < -0.3 is 19.5 Å². The van der Waals surface area contributed by atoms with Crippen LogP contribution < -0.4 is 15.7 Å². The molecule has 1 aromatic rings. The van der Waals surface area contributed by atoms with Crippen molar-refractivity contribution in [2.75, 3.05) is 31.1 Å². The highest BCUT2D eigenvalue weighted by Gasteiger charge is 2.52. The van der Waals surface area contributed by atoms with Crippen molar-refractivity contribution in [3.05, 3.63) is 18.5 Å². The van der Waals surface area contributed by atoms with Crippen LogP contribution in [0.3, 0.4) is 0 Å². The standard InChI is InChI=1S/C15H24BN3O2/c1-14(2)15(3,4)21-16(20-14)12-11-18-6-5-13(12)19-9-7-17-8-10-19/h5-6,11,17H,7-10H2,1-4H3. The molecule has 0 amide bonds. The molecule has 2 fully saturated rings. The molecule has 3 rings (SSSR count). The molecule has 114 valence electrons. The van der Waals surface area contributed by atoms with Gasteiger partial charge in [0.25, 0.3) is 0 Å². The van der Waals surface area contributed by atoms with Crippen LogP contribution in [0.25, 0.3) is 0 Å². The Bertz CT molecular complexity index is 499. The molecule has 5 nitrogen and oxygen atoms in total. The lowest BCUT2D eigenvalue weighted by atomic mass is 9.78. The van der Waals surface area contributed by atoms with Crippen molar-refractivity contribution in [3.63, 3.8) is 0 Å². The summed E-state index contributed by atoms with van der Waals surface area (Å²) in [7, 11) is -0.353. The van der Waals surface area contributed by atoms with Gasteiger partial charge in [-0.1, -0.05) is 0 Å². The first-order valence-electron chi connectivity index (χ1n) is 7.66. The molecule has 0 radical (unpaired) electrons. The van der Waals surface area contributed by atoms with Crippen LogP contribution in [0.15, 0.2) is 18.5 Å². The molecule has 0 atom stereocenters. The second-order valence-corrected chi connectivity index (χ2v) is 6.76. The Balaban J connectivity index is 1.89. The van der Waals surface area contributed by atoms with Gasteiger partial charge in [0.15, 0.2) is 0 Å². The number of rotatable bonds is 2. The molecule has 0 aromatic carbocycles. The second-order valence-electron chi connectivity index (χ2n) is 6.76. The van der Waals surface area contributed by atoms with Crippen LogP contribution in [0.1, 0.15) is 27.7 Å². The van der Waals surface area contributed by atoms with E-state index in [1.54, 1.807) is 0 Å². The van der Waals surface area contributed by atoms with E-state index >= 15 is 0 Å². The number of piperazine rings is 1. The number of anilines is 1. The average Bonchev–Trinajstić information content (AvgIpc) is 2.68. The predicted molar refractivity (Wildman–Crippen MR) is 85.0 cm³/mol. The molecule has 3 heterocycles. The zero-order valence-electron chi connectivity index (χ0n) is 13.3. The van der Waals surface area contributed by atoms with Crippen LogP contribution in [0.2, 0.25) is 0 Å². The monoisotopic (exact) mass is 289 g/mol. The Hall–Kier alpha value is -1.11. The van der Waals surface area contributed by atoms with Gasteiger partial charge in [-0.2, -0.15) is 0 Å². The van der Waals surface area contributed by atoms with Gasteiger partial charge in [0.1, 0.15) is 0 Å². The first-order valence-corrected chi connectivity index (χ1v) is 7.66. The number of aromatic nitrogens is 1. The maximum Gasteiger partial charge on any atom is 0.498 e. The van der Waals surface area contributed by atoms with Gasteiger partial charge >= 0.3 is 7.12 Å². The van der Waals surface area contributed by atoms with E-state index in [0.717, 1.165) is 31.6 Å². The number of pyridine rings is 1. The van der Waals surface area contributed by atoms with E-state index in [4.69, 9.17) is 9.31 Å². The van der Waals surface area contributed by atoms with Gasteiger partial charge in [0, 0.05) is 49.7 Å². The Labute approximate surface area is 127 Å². The highest BCUT2D eigenvalue weighted by atomic mass is 16.7. The van der Waals surface area contributed by atoms with Gasteiger partial charge in [-0.25, -0.2) is 0 Å². The Morgan fingerprint density at radius 2 is 1.76 bits per heavy atom. The van der Waals surface area contributed by atoms with Gasteiger partial charge in [-0.15, -0.1) is 0 Å². The highest BCUT2D eigenvalue weighted by molar-refractivity contribution is 6.63. The minimum absolute atomic E-state index is 0.325. The van der Waals surface area contributed by atoms with E-state index in [-0.39, 0.29) is 18.3 Å². The molecule has 2 saturated heterocycles. The van der Waals surface area contributed by atoms with Gasteiger partial charge in [0.05, 0.1) is 11.2 Å². The van der Waals surface area contributed by atoms with E-state index in [2.05, 4.69) is 49.0 Å². The maximum absolute atomic E-state index is 6.18. The quantitative estimate of drug-likeness (QED) is 0.816. The van der Waals surface area contributed by atoms with Crippen molar-refractivity contribution in [1.82, 2.24) is 10.3 Å². The summed E-state index contributed by atoms with van der Waals surface area (Å²) >= 11 is 0. The zero-order valence-corrected chi connectivity index (χ0v) is 13.3. The molecule has 2 aliphatic rings. The summed E-state index contributed by atoms with van der Waals surface area (Å²) < 4.78 is 12.4. The minimum atomic E-state index is -0.353. The van der Waals surface area contributed by atoms with Crippen LogP contribution in [0, 0.1) is 0 Å². The number of nitrogens with zero attached hydrogens (tertiary/aromatic N) is 2. The summed E-state index contributed by atoms with van der Waals surface area (Å²) in [4.78, 5) is 6.65. The Morgan fingerprint density at radius 1 is 1.14 bits per heavy atom. The van der Waals surface area contributed by atoms with E-state index in [9.17, 15) is 0 Å². The molecule has 0 unspecified atom stereocenters. The molecule has 21 heavy (non-hydrogen) atoms. The van der Waals surface area contributed by atoms with Gasteiger partial charge in [-0.05, 0) is 33.8 Å². The predicted octanol–water partition coefficient (Wildman–Crippen LogP) is 0.790. The van der Waals surface area contributed by atoms with Crippen molar-refractivity contribution in [2.24, 2.45) is 0 Å². The maximum atomic E-state index is 6.18. The van der Waals surface area contributed by atoms with Crippen LogP contribution in [-0.2, 0) is 9.31 Å². The van der Waals surface area contributed by atoms with Crippen molar-refractivity contribution in [1.29, 1.82) is 0 Å². The van der Waals surface area contributed by atoms with E-state index in [1.807, 2.05) is 12.4 Å². The first-order chi connectivity index (χ1) is 9.91. The highest BCUT2D eigenvalue weighted by Crippen LogP contribution is 2.37. The summed E-state index contributed by atoms with van der Waals surface area (Å²) in [6, 6.07) is 2.06. The largest absolute Gasteiger partial charge is 0.498 e. The van der Waals surface area contributed by atoms with Crippen LogP contribution in [0.5, 0.6) is 0 Å². The molecule has 0 saturated carbocycles. The van der Waals surface area contributed by atoms with E-state index in [1.165, 1.54) is 5.69 Å². The molecule has 0 spiro atoms. The fourth-order valence-electron chi connectivity index (χ4n) is 2.74. The molecule has 6 heteroatoms. The Morgan fingerprint density at radius 3 is 2.38 bits per heavy atom. The normalized spacial score (nSPS) is 24.4. The Kier molecular flexibility index (Phi) is 3.72. The van der Waals surface area contributed by atoms with Crippen LogP contribution in [0.4, 0.5) is 5.69 Å². The third kappa shape index (κ3) is 2.68. The summed E-state index contributed by atoms with van der Waals surface area (Å²) in [6.07, 6.45) is 3.71. The summed E-state index contributed by atoms with van der Waals surface area (Å²) in [5.74, 6) is 0. The van der Waals surface area contributed by atoms with Crippen molar-refractivity contribution >= 4 is 18.3 Å². The molecule has 1 N–H and O–H groups in total. The van der Waals surface area contributed by atoms with Crippen molar-refractivity contribution in [2.45, 2.75) is 38.9 Å². The molecule has 0 aliphatic carbocycles. The summed E-state index contributed by atoms with van der Waals surface area (Å²) in [5, 5.41) is 3.38. The minimum Gasteiger partial charge on any atom is -0.399 e. The van der Waals surface area contributed by atoms with Crippen molar-refractivity contribution < 1.29 is 9.31 Å². The second kappa shape index (κ2) is 5.27. The SMILES string of the molecule is CC1(C)OB(c2cnccc2N2CCNCC2)OC1(C)C. The number of hydrogen-bond donors (Lipinski definition) is 1. The average molecular weight is 289 g/mol. The van der Waals surface area contributed by atoms with Crippen LogP contribution >= 0.6 is 0 Å². The number of hydrogen-bond acceptors (Lipinski definition) is 5. The third-order valence-corrected chi connectivity index (χ3v) is 4.79. The smallest absolute Gasteiger partial charge is 0.399 e. The lowest BCUT2D eigenvalue weighted by Gasteiger charge is -2.32. The van der Waals surface area contributed by atoms with E-state index < -0.39 is 0 Å². The van der Waals surface area contributed by atoms with Crippen molar-refractivity contribution in [3.8, 4) is 0 Å². The topological polar surface area (TPSA) is 46.6 Å². The molecule has 0 bridgehead atoms. The molecule has 2 aliphatic heterocycles. The third-order valence-electron chi connectivity index (χ3n) is 4.79. The summed E-state index contributed by atoms with van der Waals surface area (Å²) in [6.45, 7) is 12.3. The lowest BCUT2D eigenvalue weighted by molar-refractivity contribution is 0.00578. The molecule has 1 aromatic heterocycles. The zero-order chi connectivity index (χ0) is 15.1. The van der Waals surface area contributed by atoms with E-state index in [0.29, 0.717) is 0 Å². The summed E-state index contributed by atoms with van der Waals surface area (Å²) in [5.41, 5.74) is 1.55.